The Morgan fingerprint density at radius 1 is 0.830 bits per heavy atom. The van der Waals surface area contributed by atoms with Gasteiger partial charge in [0.25, 0.3) is 0 Å². The van der Waals surface area contributed by atoms with Crippen molar-refractivity contribution in [2.45, 2.75) is 89.9 Å². The first-order valence-electron chi connectivity index (χ1n) is 17.4. The van der Waals surface area contributed by atoms with Crippen molar-refractivity contribution in [2.75, 3.05) is 44.3 Å². The van der Waals surface area contributed by atoms with Crippen LogP contribution in [0.1, 0.15) is 54.4 Å². The number of anilines is 1. The summed E-state index contributed by atoms with van der Waals surface area (Å²) in [4.78, 5) is 36.4. The van der Waals surface area contributed by atoms with E-state index in [2.05, 4.69) is 102 Å². The van der Waals surface area contributed by atoms with Crippen LogP contribution in [-0.4, -0.2) is 116 Å². The number of rotatable bonds is 3. The van der Waals surface area contributed by atoms with E-state index in [0.717, 1.165) is 65.4 Å². The van der Waals surface area contributed by atoms with E-state index in [-0.39, 0.29) is 42.4 Å². The predicted molar refractivity (Wildman–Crippen MR) is 222 cm³/mol. The molecule has 0 spiro atoms. The molecule has 8 heterocycles. The summed E-state index contributed by atoms with van der Waals surface area (Å²) in [7, 11) is 0. The standard InChI is InChI=1S/C16H22IN5O3S.C12H22N2O3.C4HBrIN3S/c1-16(2,3)25-15(23)19-10-4-5-24-11-8-21(7-9(10)11)14-20-22-12(17)6-18-13(22)26-14;1-12(2,3)17-11(15)14-9-4-5-16-10-7-13-6-8(9)10;5-3-8-9-2(6)1-7-4(9)10-3/h6,9-11H,4-5,7-8H2,1-3H3,(H,19,23);8-10,13H,4-7H2,1-3H3,(H,14,15);1H/t9-,10-,11-;8-,9-,10-;/m00./s1. The lowest BCUT2D eigenvalue weighted by molar-refractivity contribution is -0.0206. The zero-order valence-corrected chi connectivity index (χ0v) is 37.8. The van der Waals surface area contributed by atoms with Crippen molar-refractivity contribution in [2.24, 2.45) is 11.8 Å². The number of alkyl carbamates (subject to hydrolysis) is 2. The van der Waals surface area contributed by atoms with Crippen LogP contribution in [0.2, 0.25) is 0 Å². The minimum absolute atomic E-state index is 0.0535. The van der Waals surface area contributed by atoms with Crippen molar-refractivity contribution < 1.29 is 28.5 Å². The summed E-state index contributed by atoms with van der Waals surface area (Å²) in [6.07, 6.45) is 4.93. The predicted octanol–water partition coefficient (Wildman–Crippen LogP) is 5.56. The van der Waals surface area contributed by atoms with Gasteiger partial charge < -0.3 is 39.8 Å². The average molecular weight is 1060 g/mol. The van der Waals surface area contributed by atoms with Gasteiger partial charge in [-0.15, -0.1) is 10.2 Å². The van der Waals surface area contributed by atoms with Crippen molar-refractivity contribution in [1.82, 2.24) is 45.1 Å². The molecule has 53 heavy (non-hydrogen) atoms. The summed E-state index contributed by atoms with van der Waals surface area (Å²) in [5.74, 6) is 0.600. The summed E-state index contributed by atoms with van der Waals surface area (Å²) < 4.78 is 28.9. The number of imidazole rings is 2. The highest BCUT2D eigenvalue weighted by atomic mass is 127. The van der Waals surface area contributed by atoms with Gasteiger partial charge in [-0.05, 0) is 115 Å². The van der Waals surface area contributed by atoms with Gasteiger partial charge in [0.05, 0.1) is 24.6 Å². The first-order chi connectivity index (χ1) is 25.0. The molecule has 0 aromatic carbocycles. The monoisotopic (exact) mass is 1060 g/mol. The molecule has 4 saturated heterocycles. The van der Waals surface area contributed by atoms with Crippen LogP contribution in [0.5, 0.6) is 0 Å². The van der Waals surface area contributed by atoms with Crippen molar-refractivity contribution in [3.05, 3.63) is 23.7 Å². The van der Waals surface area contributed by atoms with Gasteiger partial charge in [-0.1, -0.05) is 22.7 Å². The van der Waals surface area contributed by atoms with Gasteiger partial charge in [0, 0.05) is 63.3 Å². The van der Waals surface area contributed by atoms with E-state index >= 15 is 0 Å². The molecule has 292 valence electrons. The minimum Gasteiger partial charge on any atom is -0.444 e. The molecule has 2 amide bonds. The molecular formula is C32H45BrI2N10O6S2. The Balaban J connectivity index is 0.000000152. The van der Waals surface area contributed by atoms with Gasteiger partial charge in [0.1, 0.15) is 18.6 Å². The first kappa shape index (κ1) is 41.0. The summed E-state index contributed by atoms with van der Waals surface area (Å²) >= 11 is 10.8. The molecule has 21 heteroatoms. The van der Waals surface area contributed by atoms with Gasteiger partial charge >= 0.3 is 12.2 Å². The number of nitrogens with one attached hydrogen (secondary N) is 3. The Kier molecular flexibility index (Phi) is 13.3. The second-order valence-electron chi connectivity index (χ2n) is 15.1. The maximum Gasteiger partial charge on any atom is 0.407 e. The molecule has 0 saturated carbocycles. The number of amides is 2. The highest BCUT2D eigenvalue weighted by molar-refractivity contribution is 14.1. The SMILES string of the molecule is Brc1nn2c(I)cnc2s1.CC(C)(C)OC(=O)N[C@H]1CCO[C@H]2CN(c3nn4c(I)cnc4s3)C[C@@H]12.CC(C)(C)OC(=O)N[C@H]1CCO[C@H]2CNC[C@@H]12. The maximum absolute atomic E-state index is 12.2. The van der Waals surface area contributed by atoms with Crippen LogP contribution in [0, 0.1) is 19.2 Å². The number of fused-ring (bicyclic) bond motifs is 4. The lowest BCUT2D eigenvalue weighted by atomic mass is 9.92. The largest absolute Gasteiger partial charge is 0.444 e. The number of carbonyl (C=O) groups excluding carboxylic acids is 2. The Morgan fingerprint density at radius 2 is 1.38 bits per heavy atom. The van der Waals surface area contributed by atoms with Crippen LogP contribution in [0.4, 0.5) is 14.7 Å². The normalized spacial score (nSPS) is 25.5. The molecule has 0 bridgehead atoms. The lowest BCUT2D eigenvalue weighted by Gasteiger charge is -2.34. The summed E-state index contributed by atoms with van der Waals surface area (Å²) in [5, 5.41) is 19.1. The van der Waals surface area contributed by atoms with Crippen LogP contribution in [0.3, 0.4) is 0 Å². The molecule has 0 aliphatic carbocycles. The van der Waals surface area contributed by atoms with Crippen LogP contribution in [-0.2, 0) is 18.9 Å². The molecule has 4 fully saturated rings. The smallest absolute Gasteiger partial charge is 0.407 e. The third kappa shape index (κ3) is 10.8. The quantitative estimate of drug-likeness (QED) is 0.219. The van der Waals surface area contributed by atoms with Crippen molar-refractivity contribution in [3.63, 3.8) is 0 Å². The number of hydrogen-bond donors (Lipinski definition) is 3. The van der Waals surface area contributed by atoms with E-state index in [1.807, 2.05) is 52.3 Å². The number of hydrogen-bond acceptors (Lipinski definition) is 14. The molecule has 6 atom stereocenters. The Hall–Kier alpha value is -1.64. The topological polar surface area (TPSA) is 171 Å². The summed E-state index contributed by atoms with van der Waals surface area (Å²) in [6, 6.07) is 0.219. The van der Waals surface area contributed by atoms with E-state index < -0.39 is 11.2 Å². The van der Waals surface area contributed by atoms with Gasteiger partial charge in [-0.3, -0.25) is 0 Å². The van der Waals surface area contributed by atoms with Crippen molar-refractivity contribution >= 4 is 111 Å². The van der Waals surface area contributed by atoms with Gasteiger partial charge in [-0.25, -0.2) is 19.6 Å². The number of halogens is 3. The van der Waals surface area contributed by atoms with E-state index in [9.17, 15) is 9.59 Å². The van der Waals surface area contributed by atoms with Crippen molar-refractivity contribution in [1.29, 1.82) is 0 Å². The third-order valence-corrected chi connectivity index (χ3v) is 12.6. The fraction of sp³-hybridized carbons (Fsp3) is 0.688. The summed E-state index contributed by atoms with van der Waals surface area (Å²) in [5.41, 5.74) is -0.939. The minimum atomic E-state index is -0.497. The number of nitrogens with zero attached hydrogens (tertiary/aromatic N) is 7. The average Bonchev–Trinajstić information content (AvgIpc) is 3.90. The van der Waals surface area contributed by atoms with E-state index in [4.69, 9.17) is 18.9 Å². The molecule has 8 rings (SSSR count). The Labute approximate surface area is 351 Å². The van der Waals surface area contributed by atoms with Crippen LogP contribution >= 0.6 is 83.8 Å². The maximum atomic E-state index is 12.2. The second-order valence-corrected chi connectivity index (χ2v) is 20.5. The Morgan fingerprint density at radius 3 is 1.94 bits per heavy atom. The zero-order valence-electron chi connectivity index (χ0n) is 30.3. The molecular weight excluding hydrogens is 1020 g/mol. The highest BCUT2D eigenvalue weighted by Crippen LogP contribution is 2.34. The van der Waals surface area contributed by atoms with Gasteiger partial charge in [-0.2, -0.15) is 9.03 Å². The van der Waals surface area contributed by atoms with Gasteiger partial charge in [0.2, 0.25) is 15.1 Å². The molecule has 4 aliphatic heterocycles. The molecule has 3 N–H and O–H groups in total. The number of aromatic nitrogens is 6. The zero-order chi connectivity index (χ0) is 38.1. The van der Waals surface area contributed by atoms with E-state index in [1.165, 1.54) is 11.3 Å². The van der Waals surface area contributed by atoms with Crippen molar-refractivity contribution in [3.8, 4) is 0 Å². The lowest BCUT2D eigenvalue weighted by Crippen LogP contribution is -2.50. The molecule has 4 aromatic heterocycles. The molecule has 16 nitrogen and oxygen atoms in total. The third-order valence-electron chi connectivity index (χ3n) is 8.79. The highest BCUT2D eigenvalue weighted by Gasteiger charge is 2.43. The number of ether oxygens (including phenoxy) is 4. The van der Waals surface area contributed by atoms with Crippen LogP contribution in [0.25, 0.3) is 9.92 Å². The Bertz CT molecular complexity index is 1880. The fourth-order valence-electron chi connectivity index (χ4n) is 6.60. The number of carbonyl (C=O) groups is 2. The molecule has 4 aromatic rings. The van der Waals surface area contributed by atoms with E-state index in [0.29, 0.717) is 19.1 Å². The summed E-state index contributed by atoms with van der Waals surface area (Å²) in [6.45, 7) is 16.0. The van der Waals surface area contributed by atoms with Crippen LogP contribution in [0.15, 0.2) is 16.3 Å². The molecule has 0 radical (unpaired) electrons. The first-order valence-corrected chi connectivity index (χ1v) is 21.9. The fourth-order valence-corrected chi connectivity index (χ4v) is 9.97. The van der Waals surface area contributed by atoms with Crippen LogP contribution < -0.4 is 20.9 Å². The van der Waals surface area contributed by atoms with E-state index in [1.54, 1.807) is 22.0 Å². The second kappa shape index (κ2) is 17.2. The molecule has 4 aliphatic rings. The van der Waals surface area contributed by atoms with Gasteiger partial charge in [0.15, 0.2) is 3.92 Å². The molecule has 0 unspecified atom stereocenters.